The number of rotatable bonds is 6. The molecule has 1 aromatic rings. The summed E-state index contributed by atoms with van der Waals surface area (Å²) in [6.07, 6.45) is 6.05. The van der Waals surface area contributed by atoms with Gasteiger partial charge in [-0.25, -0.2) is 0 Å². The van der Waals surface area contributed by atoms with E-state index >= 15 is 0 Å². The third kappa shape index (κ3) is 4.96. The minimum atomic E-state index is -0.163. The Morgan fingerprint density at radius 1 is 1.33 bits per heavy atom. The van der Waals surface area contributed by atoms with Crippen molar-refractivity contribution in [1.82, 2.24) is 0 Å². The molecule has 0 bridgehead atoms. The Labute approximate surface area is 126 Å². The predicted molar refractivity (Wildman–Crippen MR) is 83.1 cm³/mol. The summed E-state index contributed by atoms with van der Waals surface area (Å²) >= 11 is 0. The molecule has 0 amide bonds. The van der Waals surface area contributed by atoms with Crippen molar-refractivity contribution >= 4 is 11.7 Å². The standard InChI is InChI=1S/C17H25NO3/c1-2-13-6-3-4-9-16(13)21-17(19)10-11-20-15-8-5-7-14(18)12-15/h5,7-8,12-13,16H,2-4,6,9-11,18H2,1H3. The molecule has 4 heteroatoms. The number of ether oxygens (including phenoxy) is 2. The zero-order valence-electron chi connectivity index (χ0n) is 12.7. The van der Waals surface area contributed by atoms with E-state index in [-0.39, 0.29) is 18.5 Å². The molecule has 2 N–H and O–H groups in total. The second-order valence-corrected chi connectivity index (χ2v) is 5.65. The summed E-state index contributed by atoms with van der Waals surface area (Å²) in [4.78, 5) is 11.9. The van der Waals surface area contributed by atoms with E-state index in [2.05, 4.69) is 6.92 Å². The van der Waals surface area contributed by atoms with Gasteiger partial charge in [0.15, 0.2) is 0 Å². The van der Waals surface area contributed by atoms with Gasteiger partial charge in [0.25, 0.3) is 0 Å². The van der Waals surface area contributed by atoms with Gasteiger partial charge in [-0.3, -0.25) is 4.79 Å². The van der Waals surface area contributed by atoms with Crippen LogP contribution in [0.4, 0.5) is 5.69 Å². The molecule has 0 aromatic heterocycles. The number of carbonyl (C=O) groups excluding carboxylic acids is 1. The highest BCUT2D eigenvalue weighted by molar-refractivity contribution is 5.69. The molecule has 1 aliphatic carbocycles. The molecule has 1 aliphatic rings. The van der Waals surface area contributed by atoms with Crippen LogP contribution >= 0.6 is 0 Å². The second kappa shape index (κ2) is 7.91. The van der Waals surface area contributed by atoms with Gasteiger partial charge in [-0.15, -0.1) is 0 Å². The minimum Gasteiger partial charge on any atom is -0.493 e. The van der Waals surface area contributed by atoms with Crippen molar-refractivity contribution in [2.45, 2.75) is 51.6 Å². The summed E-state index contributed by atoms with van der Waals surface area (Å²) in [5.41, 5.74) is 6.33. The summed E-state index contributed by atoms with van der Waals surface area (Å²) in [5, 5.41) is 0. The largest absolute Gasteiger partial charge is 0.493 e. The number of carbonyl (C=O) groups is 1. The molecule has 2 unspecified atom stereocenters. The van der Waals surface area contributed by atoms with Crippen LogP contribution in [0, 0.1) is 5.92 Å². The lowest BCUT2D eigenvalue weighted by molar-refractivity contribution is -0.154. The van der Waals surface area contributed by atoms with Crippen molar-refractivity contribution in [1.29, 1.82) is 0 Å². The predicted octanol–water partition coefficient (Wildman–Crippen LogP) is 3.55. The SMILES string of the molecule is CCC1CCCCC1OC(=O)CCOc1cccc(N)c1. The Morgan fingerprint density at radius 3 is 2.90 bits per heavy atom. The van der Waals surface area contributed by atoms with Crippen molar-refractivity contribution in [3.8, 4) is 5.75 Å². The van der Waals surface area contributed by atoms with Gasteiger partial charge in [0.1, 0.15) is 11.9 Å². The topological polar surface area (TPSA) is 61.5 Å². The third-order valence-electron chi connectivity index (χ3n) is 4.08. The molecule has 2 atom stereocenters. The van der Waals surface area contributed by atoms with Gasteiger partial charge in [0, 0.05) is 11.8 Å². The van der Waals surface area contributed by atoms with Gasteiger partial charge >= 0.3 is 5.97 Å². The third-order valence-corrected chi connectivity index (χ3v) is 4.08. The summed E-state index contributed by atoms with van der Waals surface area (Å²) in [7, 11) is 0. The van der Waals surface area contributed by atoms with Crippen LogP contribution in [0.15, 0.2) is 24.3 Å². The number of hydrogen-bond donors (Lipinski definition) is 1. The Morgan fingerprint density at radius 2 is 2.14 bits per heavy atom. The Bertz CT molecular complexity index is 461. The number of esters is 1. The van der Waals surface area contributed by atoms with Crippen LogP contribution in [0.2, 0.25) is 0 Å². The molecule has 0 saturated heterocycles. The van der Waals surface area contributed by atoms with Crippen molar-refractivity contribution in [3.63, 3.8) is 0 Å². The van der Waals surface area contributed by atoms with Crippen LogP contribution in [0.5, 0.6) is 5.75 Å². The first-order chi connectivity index (χ1) is 10.2. The zero-order valence-corrected chi connectivity index (χ0v) is 12.7. The lowest BCUT2D eigenvalue weighted by atomic mass is 9.85. The second-order valence-electron chi connectivity index (χ2n) is 5.65. The molecule has 0 aliphatic heterocycles. The Kier molecular flexibility index (Phi) is 5.90. The Hall–Kier alpha value is -1.71. The molecule has 21 heavy (non-hydrogen) atoms. The summed E-state index contributed by atoms with van der Waals surface area (Å²) < 4.78 is 11.1. The van der Waals surface area contributed by atoms with E-state index in [1.165, 1.54) is 12.8 Å². The van der Waals surface area contributed by atoms with E-state index in [0.717, 1.165) is 19.3 Å². The monoisotopic (exact) mass is 291 g/mol. The fourth-order valence-electron chi connectivity index (χ4n) is 2.88. The van der Waals surface area contributed by atoms with Crippen molar-refractivity contribution < 1.29 is 14.3 Å². The van der Waals surface area contributed by atoms with E-state index in [1.807, 2.05) is 12.1 Å². The van der Waals surface area contributed by atoms with E-state index < -0.39 is 0 Å². The number of nitrogen functional groups attached to an aromatic ring is 1. The van der Waals surface area contributed by atoms with E-state index in [9.17, 15) is 4.79 Å². The molecule has 0 spiro atoms. The maximum Gasteiger partial charge on any atom is 0.309 e. The maximum atomic E-state index is 11.9. The van der Waals surface area contributed by atoms with Crippen molar-refractivity contribution in [3.05, 3.63) is 24.3 Å². The van der Waals surface area contributed by atoms with Gasteiger partial charge < -0.3 is 15.2 Å². The number of benzene rings is 1. The summed E-state index contributed by atoms with van der Waals surface area (Å²) in [6, 6.07) is 7.21. The minimum absolute atomic E-state index is 0.101. The lowest BCUT2D eigenvalue weighted by Crippen LogP contribution is -2.30. The number of hydrogen-bond acceptors (Lipinski definition) is 4. The zero-order chi connectivity index (χ0) is 15.1. The summed E-state index contributed by atoms with van der Waals surface area (Å²) in [6.45, 7) is 2.49. The first-order valence-electron chi connectivity index (χ1n) is 7.87. The van der Waals surface area contributed by atoms with Gasteiger partial charge in [0.05, 0.1) is 13.0 Å². The molecular formula is C17H25NO3. The van der Waals surface area contributed by atoms with E-state index in [0.29, 0.717) is 24.0 Å². The molecule has 1 saturated carbocycles. The van der Waals surface area contributed by atoms with Gasteiger partial charge in [-0.1, -0.05) is 19.4 Å². The van der Waals surface area contributed by atoms with Crippen molar-refractivity contribution in [2.24, 2.45) is 5.92 Å². The smallest absolute Gasteiger partial charge is 0.309 e. The quantitative estimate of drug-likeness (QED) is 0.643. The normalized spacial score (nSPS) is 21.8. The highest BCUT2D eigenvalue weighted by atomic mass is 16.5. The van der Waals surface area contributed by atoms with Crippen molar-refractivity contribution in [2.75, 3.05) is 12.3 Å². The number of anilines is 1. The molecule has 0 radical (unpaired) electrons. The molecule has 1 fully saturated rings. The van der Waals surface area contributed by atoms with Gasteiger partial charge in [-0.2, -0.15) is 0 Å². The van der Waals surface area contributed by atoms with Crippen LogP contribution in [0.25, 0.3) is 0 Å². The summed E-state index contributed by atoms with van der Waals surface area (Å²) in [5.74, 6) is 1.05. The van der Waals surface area contributed by atoms with E-state index in [4.69, 9.17) is 15.2 Å². The highest BCUT2D eigenvalue weighted by Gasteiger charge is 2.26. The van der Waals surface area contributed by atoms with Crippen LogP contribution in [-0.4, -0.2) is 18.7 Å². The van der Waals surface area contributed by atoms with Crippen LogP contribution in [0.1, 0.15) is 45.4 Å². The van der Waals surface area contributed by atoms with E-state index in [1.54, 1.807) is 12.1 Å². The average Bonchev–Trinajstić information content (AvgIpc) is 2.48. The first-order valence-corrected chi connectivity index (χ1v) is 7.87. The molecular weight excluding hydrogens is 266 g/mol. The van der Waals surface area contributed by atoms with Gasteiger partial charge in [0.2, 0.25) is 0 Å². The molecule has 116 valence electrons. The van der Waals surface area contributed by atoms with Crippen LogP contribution in [0.3, 0.4) is 0 Å². The van der Waals surface area contributed by atoms with Crippen LogP contribution < -0.4 is 10.5 Å². The highest BCUT2D eigenvalue weighted by Crippen LogP contribution is 2.29. The molecule has 1 aromatic carbocycles. The fourth-order valence-corrected chi connectivity index (χ4v) is 2.88. The molecule has 0 heterocycles. The molecule has 2 rings (SSSR count). The number of nitrogens with two attached hydrogens (primary N) is 1. The average molecular weight is 291 g/mol. The fraction of sp³-hybridized carbons (Fsp3) is 0.588. The maximum absolute atomic E-state index is 11.9. The van der Waals surface area contributed by atoms with Gasteiger partial charge in [-0.05, 0) is 43.7 Å². The Balaban J connectivity index is 1.72. The van der Waals surface area contributed by atoms with Crippen LogP contribution in [-0.2, 0) is 9.53 Å². The molecule has 4 nitrogen and oxygen atoms in total. The lowest BCUT2D eigenvalue weighted by Gasteiger charge is -2.30. The first kappa shape index (κ1) is 15.7.